The maximum absolute atomic E-state index is 11.8. The Morgan fingerprint density at radius 1 is 1.38 bits per heavy atom. The zero-order chi connectivity index (χ0) is 12.0. The summed E-state index contributed by atoms with van der Waals surface area (Å²) in [4.78, 5) is 11.8. The molecule has 3 heteroatoms. The summed E-state index contributed by atoms with van der Waals surface area (Å²) in [5.41, 5.74) is 5.78. The van der Waals surface area contributed by atoms with E-state index in [1.807, 2.05) is 6.92 Å². The van der Waals surface area contributed by atoms with Gasteiger partial charge in [-0.1, -0.05) is 33.1 Å². The van der Waals surface area contributed by atoms with E-state index in [9.17, 15) is 4.79 Å². The first kappa shape index (κ1) is 13.5. The van der Waals surface area contributed by atoms with Crippen molar-refractivity contribution in [3.05, 3.63) is 0 Å². The van der Waals surface area contributed by atoms with Crippen LogP contribution in [0.15, 0.2) is 0 Å². The van der Waals surface area contributed by atoms with Gasteiger partial charge in [0.25, 0.3) is 0 Å². The third-order valence-electron chi connectivity index (χ3n) is 3.80. The highest BCUT2D eigenvalue weighted by Crippen LogP contribution is 2.34. The van der Waals surface area contributed by atoms with Gasteiger partial charge in [0.2, 0.25) is 5.91 Å². The zero-order valence-corrected chi connectivity index (χ0v) is 10.7. The molecule has 1 rings (SSSR count). The number of rotatable bonds is 5. The molecule has 0 aliphatic heterocycles. The second-order valence-corrected chi connectivity index (χ2v) is 5.57. The van der Waals surface area contributed by atoms with Gasteiger partial charge in [-0.05, 0) is 31.2 Å². The van der Waals surface area contributed by atoms with E-state index in [4.69, 9.17) is 5.73 Å². The average Bonchev–Trinajstić information content (AvgIpc) is 2.27. The molecule has 0 spiro atoms. The Hall–Kier alpha value is -0.570. The first-order chi connectivity index (χ1) is 7.57. The van der Waals surface area contributed by atoms with Gasteiger partial charge in [0, 0.05) is 12.5 Å². The van der Waals surface area contributed by atoms with Crippen molar-refractivity contribution >= 4 is 5.91 Å². The number of carbonyl (C=O) groups excluding carboxylic acids is 1. The number of nitrogens with two attached hydrogens (primary N) is 1. The van der Waals surface area contributed by atoms with Gasteiger partial charge in [-0.2, -0.15) is 0 Å². The van der Waals surface area contributed by atoms with E-state index in [-0.39, 0.29) is 11.8 Å². The Morgan fingerprint density at radius 2 is 2.00 bits per heavy atom. The third-order valence-corrected chi connectivity index (χ3v) is 3.80. The van der Waals surface area contributed by atoms with E-state index in [2.05, 4.69) is 12.2 Å². The molecular formula is C13H26N2O. The fourth-order valence-electron chi connectivity index (χ4n) is 2.44. The fraction of sp³-hybridized carbons (Fsp3) is 0.923. The molecule has 1 unspecified atom stereocenters. The molecule has 3 nitrogen and oxygen atoms in total. The predicted octanol–water partition coefficient (Wildman–Crippen LogP) is 2.06. The molecule has 94 valence electrons. The lowest BCUT2D eigenvalue weighted by Gasteiger charge is -2.34. The summed E-state index contributed by atoms with van der Waals surface area (Å²) < 4.78 is 0. The van der Waals surface area contributed by atoms with Crippen LogP contribution < -0.4 is 11.1 Å². The fourth-order valence-corrected chi connectivity index (χ4v) is 2.44. The third kappa shape index (κ3) is 4.12. The van der Waals surface area contributed by atoms with Crippen LogP contribution in [0.5, 0.6) is 0 Å². The molecule has 1 aliphatic rings. The van der Waals surface area contributed by atoms with Crippen molar-refractivity contribution in [3.63, 3.8) is 0 Å². The molecule has 16 heavy (non-hydrogen) atoms. The van der Waals surface area contributed by atoms with Crippen LogP contribution in [0.3, 0.4) is 0 Å². The monoisotopic (exact) mass is 226 g/mol. The number of carbonyl (C=O) groups is 1. The summed E-state index contributed by atoms with van der Waals surface area (Å²) in [7, 11) is 0. The highest BCUT2D eigenvalue weighted by molar-refractivity contribution is 5.78. The van der Waals surface area contributed by atoms with E-state index >= 15 is 0 Å². The van der Waals surface area contributed by atoms with Gasteiger partial charge in [0.1, 0.15) is 0 Å². The minimum Gasteiger partial charge on any atom is -0.355 e. The summed E-state index contributed by atoms with van der Waals surface area (Å²) in [5.74, 6) is 0.217. The van der Waals surface area contributed by atoms with Crippen LogP contribution in [0.2, 0.25) is 0 Å². The molecule has 0 saturated heterocycles. The Bertz CT molecular complexity index is 222. The maximum Gasteiger partial charge on any atom is 0.222 e. The first-order valence-corrected chi connectivity index (χ1v) is 6.55. The van der Waals surface area contributed by atoms with Crippen molar-refractivity contribution in [2.45, 2.75) is 52.4 Å². The number of hydrogen-bond donors (Lipinski definition) is 2. The maximum atomic E-state index is 11.8. The lowest BCUT2D eigenvalue weighted by atomic mass is 9.75. The molecule has 0 aromatic heterocycles. The molecular weight excluding hydrogens is 200 g/mol. The van der Waals surface area contributed by atoms with Gasteiger partial charge < -0.3 is 11.1 Å². The van der Waals surface area contributed by atoms with E-state index in [1.54, 1.807) is 0 Å². The lowest BCUT2D eigenvalue weighted by Crippen LogP contribution is -2.39. The van der Waals surface area contributed by atoms with Gasteiger partial charge in [-0.25, -0.2) is 0 Å². The summed E-state index contributed by atoms with van der Waals surface area (Å²) >= 11 is 0. The summed E-state index contributed by atoms with van der Waals surface area (Å²) in [6.45, 7) is 5.66. The largest absolute Gasteiger partial charge is 0.355 e. The standard InChI is InChI=1S/C13H26N2O/c1-11(6-9-14)12(16)15-10-13(2)7-4-3-5-8-13/h11H,3-10,14H2,1-2H3,(H,15,16). The minimum absolute atomic E-state index is 0.0530. The van der Waals surface area contributed by atoms with Gasteiger partial charge in [-0.3, -0.25) is 4.79 Å². The van der Waals surface area contributed by atoms with Crippen molar-refractivity contribution in [3.8, 4) is 0 Å². The molecule has 0 aromatic rings. The SMILES string of the molecule is CC(CCN)C(=O)NCC1(C)CCCCC1. The second-order valence-electron chi connectivity index (χ2n) is 5.57. The molecule has 1 aliphatic carbocycles. The number of amides is 1. The van der Waals surface area contributed by atoms with E-state index in [0.29, 0.717) is 12.0 Å². The molecule has 0 bridgehead atoms. The van der Waals surface area contributed by atoms with Crippen molar-refractivity contribution < 1.29 is 4.79 Å². The van der Waals surface area contributed by atoms with Crippen LogP contribution in [0.1, 0.15) is 52.4 Å². The zero-order valence-electron chi connectivity index (χ0n) is 10.7. The average molecular weight is 226 g/mol. The molecule has 0 heterocycles. The molecule has 1 fully saturated rings. The molecule has 0 radical (unpaired) electrons. The van der Waals surface area contributed by atoms with Crippen molar-refractivity contribution in [1.29, 1.82) is 0 Å². The number of hydrogen-bond acceptors (Lipinski definition) is 2. The Kier molecular flexibility index (Phi) is 5.26. The van der Waals surface area contributed by atoms with E-state index in [0.717, 1.165) is 13.0 Å². The Labute approximate surface area is 99.2 Å². The molecule has 3 N–H and O–H groups in total. The lowest BCUT2D eigenvalue weighted by molar-refractivity contribution is -0.125. The topological polar surface area (TPSA) is 55.1 Å². The summed E-state index contributed by atoms with van der Waals surface area (Å²) in [6, 6.07) is 0. The van der Waals surface area contributed by atoms with Gasteiger partial charge in [0.15, 0.2) is 0 Å². The van der Waals surface area contributed by atoms with Crippen LogP contribution in [0, 0.1) is 11.3 Å². The highest BCUT2D eigenvalue weighted by Gasteiger charge is 2.27. The Balaban J connectivity index is 2.29. The summed E-state index contributed by atoms with van der Waals surface area (Å²) in [6.07, 6.45) is 7.25. The van der Waals surface area contributed by atoms with E-state index in [1.165, 1.54) is 32.1 Å². The molecule has 1 atom stereocenters. The van der Waals surface area contributed by atoms with Gasteiger partial charge in [0.05, 0.1) is 0 Å². The summed E-state index contributed by atoms with van der Waals surface area (Å²) in [5, 5.41) is 3.08. The first-order valence-electron chi connectivity index (χ1n) is 6.55. The molecule has 1 amide bonds. The van der Waals surface area contributed by atoms with Crippen LogP contribution in [0.4, 0.5) is 0 Å². The number of nitrogens with one attached hydrogen (secondary N) is 1. The van der Waals surface area contributed by atoms with Gasteiger partial charge >= 0.3 is 0 Å². The second kappa shape index (κ2) is 6.24. The van der Waals surface area contributed by atoms with E-state index < -0.39 is 0 Å². The van der Waals surface area contributed by atoms with Crippen LogP contribution in [-0.2, 0) is 4.79 Å². The molecule has 1 saturated carbocycles. The van der Waals surface area contributed by atoms with Crippen molar-refractivity contribution in [1.82, 2.24) is 5.32 Å². The van der Waals surface area contributed by atoms with Crippen molar-refractivity contribution in [2.75, 3.05) is 13.1 Å². The van der Waals surface area contributed by atoms with Gasteiger partial charge in [-0.15, -0.1) is 0 Å². The van der Waals surface area contributed by atoms with Crippen LogP contribution in [-0.4, -0.2) is 19.0 Å². The van der Waals surface area contributed by atoms with Crippen LogP contribution >= 0.6 is 0 Å². The van der Waals surface area contributed by atoms with Crippen molar-refractivity contribution in [2.24, 2.45) is 17.1 Å². The highest BCUT2D eigenvalue weighted by atomic mass is 16.1. The normalized spacial score (nSPS) is 21.4. The minimum atomic E-state index is 0.0530. The van der Waals surface area contributed by atoms with Crippen LogP contribution in [0.25, 0.3) is 0 Å². The quantitative estimate of drug-likeness (QED) is 0.754. The molecule has 0 aromatic carbocycles. The predicted molar refractivity (Wildman–Crippen MR) is 67.0 cm³/mol. The smallest absolute Gasteiger partial charge is 0.222 e. The Morgan fingerprint density at radius 3 is 2.56 bits per heavy atom.